The molecular formula is C13H23NO3. The molecule has 1 amide bonds. The van der Waals surface area contributed by atoms with Crippen LogP contribution in [-0.4, -0.2) is 49.8 Å². The molecule has 1 spiro atoms. The molecule has 0 aliphatic carbocycles. The summed E-state index contributed by atoms with van der Waals surface area (Å²) < 4.78 is 11.2. The van der Waals surface area contributed by atoms with Crippen molar-refractivity contribution in [2.45, 2.75) is 38.2 Å². The van der Waals surface area contributed by atoms with Gasteiger partial charge >= 0.3 is 0 Å². The maximum Gasteiger partial charge on any atom is 0.219 e. The molecule has 1 atom stereocenters. The van der Waals surface area contributed by atoms with Crippen LogP contribution < -0.4 is 0 Å². The molecule has 98 valence electrons. The number of methoxy groups -OCH3 is 1. The van der Waals surface area contributed by atoms with Gasteiger partial charge in [-0.2, -0.15) is 0 Å². The summed E-state index contributed by atoms with van der Waals surface area (Å²) >= 11 is 0. The maximum absolute atomic E-state index is 11.3. The van der Waals surface area contributed by atoms with E-state index >= 15 is 0 Å². The van der Waals surface area contributed by atoms with E-state index in [-0.39, 0.29) is 11.5 Å². The van der Waals surface area contributed by atoms with Gasteiger partial charge in [-0.25, -0.2) is 0 Å². The summed E-state index contributed by atoms with van der Waals surface area (Å²) in [6, 6.07) is 0. The van der Waals surface area contributed by atoms with E-state index in [1.54, 1.807) is 14.0 Å². The number of carbonyl (C=O) groups is 1. The zero-order valence-corrected chi connectivity index (χ0v) is 10.9. The fraction of sp³-hybridized carbons (Fsp3) is 0.923. The van der Waals surface area contributed by atoms with Crippen LogP contribution in [0.1, 0.15) is 32.6 Å². The topological polar surface area (TPSA) is 38.8 Å². The van der Waals surface area contributed by atoms with Crippen LogP contribution in [0.4, 0.5) is 0 Å². The minimum Gasteiger partial charge on any atom is -0.385 e. The number of carbonyl (C=O) groups excluding carboxylic acids is 1. The third-order valence-corrected chi connectivity index (χ3v) is 4.33. The molecule has 0 aromatic rings. The Balaban J connectivity index is 1.93. The molecule has 2 rings (SSSR count). The van der Waals surface area contributed by atoms with E-state index in [9.17, 15) is 4.79 Å². The van der Waals surface area contributed by atoms with Gasteiger partial charge in [0.05, 0.1) is 5.60 Å². The molecule has 2 aliphatic rings. The average molecular weight is 241 g/mol. The Hall–Kier alpha value is -0.610. The van der Waals surface area contributed by atoms with E-state index in [4.69, 9.17) is 9.47 Å². The quantitative estimate of drug-likeness (QED) is 0.750. The van der Waals surface area contributed by atoms with Crippen molar-refractivity contribution in [3.05, 3.63) is 0 Å². The van der Waals surface area contributed by atoms with Crippen molar-refractivity contribution in [3.63, 3.8) is 0 Å². The van der Waals surface area contributed by atoms with Crippen molar-refractivity contribution >= 4 is 5.91 Å². The molecular weight excluding hydrogens is 218 g/mol. The van der Waals surface area contributed by atoms with E-state index in [0.717, 1.165) is 52.0 Å². The smallest absolute Gasteiger partial charge is 0.219 e. The first-order valence-electron chi connectivity index (χ1n) is 6.56. The molecule has 17 heavy (non-hydrogen) atoms. The number of piperidine rings is 1. The highest BCUT2D eigenvalue weighted by Crippen LogP contribution is 2.42. The summed E-state index contributed by atoms with van der Waals surface area (Å²) in [6.45, 7) is 5.02. The van der Waals surface area contributed by atoms with Crippen LogP contribution in [0, 0.1) is 5.92 Å². The molecule has 4 heteroatoms. The Morgan fingerprint density at radius 3 is 2.76 bits per heavy atom. The predicted molar refractivity (Wildman–Crippen MR) is 64.8 cm³/mol. The summed E-state index contributed by atoms with van der Waals surface area (Å²) in [7, 11) is 1.75. The summed E-state index contributed by atoms with van der Waals surface area (Å²) in [5.74, 6) is 0.794. The van der Waals surface area contributed by atoms with E-state index in [2.05, 4.69) is 0 Å². The van der Waals surface area contributed by atoms with Crippen molar-refractivity contribution in [1.29, 1.82) is 0 Å². The van der Waals surface area contributed by atoms with Crippen molar-refractivity contribution in [2.24, 2.45) is 5.92 Å². The van der Waals surface area contributed by atoms with Crippen LogP contribution in [0.25, 0.3) is 0 Å². The minimum atomic E-state index is 0.0322. The molecule has 2 aliphatic heterocycles. The zero-order valence-electron chi connectivity index (χ0n) is 10.9. The highest BCUT2D eigenvalue weighted by atomic mass is 16.5. The minimum absolute atomic E-state index is 0.0322. The van der Waals surface area contributed by atoms with Gasteiger partial charge in [0.15, 0.2) is 0 Å². The van der Waals surface area contributed by atoms with E-state index in [0.29, 0.717) is 5.92 Å². The molecule has 0 saturated carbocycles. The standard InChI is InChI=1S/C13H23NO3/c1-11(15)14-7-5-13(6-8-14)12(3-9-16-2)4-10-17-13/h12H,3-10H2,1-2H3. The first kappa shape index (κ1) is 12.8. The Bertz CT molecular complexity index is 272. The molecule has 4 nitrogen and oxygen atoms in total. The summed E-state index contributed by atoms with van der Waals surface area (Å²) in [5.41, 5.74) is 0.0322. The second-order valence-electron chi connectivity index (χ2n) is 5.19. The Morgan fingerprint density at radius 2 is 2.18 bits per heavy atom. The zero-order chi connectivity index (χ0) is 12.3. The molecule has 0 aromatic heterocycles. The number of hydrogen-bond acceptors (Lipinski definition) is 3. The van der Waals surface area contributed by atoms with Gasteiger partial charge in [-0.05, 0) is 31.6 Å². The lowest BCUT2D eigenvalue weighted by Gasteiger charge is -2.42. The van der Waals surface area contributed by atoms with Crippen molar-refractivity contribution in [2.75, 3.05) is 33.4 Å². The summed E-state index contributed by atoms with van der Waals surface area (Å²) in [5, 5.41) is 0. The number of rotatable bonds is 3. The average Bonchev–Trinajstić information content (AvgIpc) is 2.70. The van der Waals surface area contributed by atoms with Gasteiger partial charge in [-0.15, -0.1) is 0 Å². The van der Waals surface area contributed by atoms with E-state index in [1.165, 1.54) is 0 Å². The van der Waals surface area contributed by atoms with Gasteiger partial charge < -0.3 is 14.4 Å². The monoisotopic (exact) mass is 241 g/mol. The van der Waals surface area contributed by atoms with E-state index < -0.39 is 0 Å². The van der Waals surface area contributed by atoms with Crippen LogP contribution in [0.3, 0.4) is 0 Å². The lowest BCUT2D eigenvalue weighted by molar-refractivity contribution is -0.135. The summed E-state index contributed by atoms with van der Waals surface area (Å²) in [6.07, 6.45) is 4.20. The highest BCUT2D eigenvalue weighted by molar-refractivity contribution is 5.73. The van der Waals surface area contributed by atoms with E-state index in [1.807, 2.05) is 4.90 Å². The Morgan fingerprint density at radius 1 is 1.47 bits per heavy atom. The van der Waals surface area contributed by atoms with Crippen molar-refractivity contribution < 1.29 is 14.3 Å². The second-order valence-corrected chi connectivity index (χ2v) is 5.19. The van der Waals surface area contributed by atoms with Gasteiger partial charge in [-0.3, -0.25) is 4.79 Å². The van der Waals surface area contributed by atoms with Crippen LogP contribution in [0.5, 0.6) is 0 Å². The lowest BCUT2D eigenvalue weighted by atomic mass is 9.78. The first-order chi connectivity index (χ1) is 8.18. The molecule has 0 N–H and O–H groups in total. The van der Waals surface area contributed by atoms with Gasteiger partial charge in [0.2, 0.25) is 5.91 Å². The number of likely N-dealkylation sites (tertiary alicyclic amines) is 1. The van der Waals surface area contributed by atoms with Crippen LogP contribution in [0.15, 0.2) is 0 Å². The third kappa shape index (κ3) is 2.63. The first-order valence-corrected chi connectivity index (χ1v) is 6.56. The molecule has 0 bridgehead atoms. The normalized spacial score (nSPS) is 27.6. The number of ether oxygens (including phenoxy) is 2. The Kier molecular flexibility index (Phi) is 4.05. The van der Waals surface area contributed by atoms with Gasteiger partial charge in [0, 0.05) is 40.3 Å². The van der Waals surface area contributed by atoms with Gasteiger partial charge in [0.25, 0.3) is 0 Å². The Labute approximate surface area is 103 Å². The highest BCUT2D eigenvalue weighted by Gasteiger charge is 2.45. The van der Waals surface area contributed by atoms with Crippen molar-refractivity contribution in [3.8, 4) is 0 Å². The molecule has 2 heterocycles. The second kappa shape index (κ2) is 5.36. The number of amides is 1. The van der Waals surface area contributed by atoms with Gasteiger partial charge in [-0.1, -0.05) is 0 Å². The largest absolute Gasteiger partial charge is 0.385 e. The summed E-state index contributed by atoms with van der Waals surface area (Å²) in [4.78, 5) is 13.3. The molecule has 2 fully saturated rings. The maximum atomic E-state index is 11.3. The number of hydrogen-bond donors (Lipinski definition) is 0. The molecule has 0 aromatic carbocycles. The molecule has 0 radical (unpaired) electrons. The third-order valence-electron chi connectivity index (χ3n) is 4.33. The van der Waals surface area contributed by atoms with Crippen LogP contribution in [0.2, 0.25) is 0 Å². The van der Waals surface area contributed by atoms with Crippen molar-refractivity contribution in [1.82, 2.24) is 4.90 Å². The predicted octanol–water partition coefficient (Wildman–Crippen LogP) is 1.44. The lowest BCUT2D eigenvalue weighted by Crippen LogP contribution is -2.49. The fourth-order valence-electron chi connectivity index (χ4n) is 3.21. The fourth-order valence-corrected chi connectivity index (χ4v) is 3.21. The van der Waals surface area contributed by atoms with Crippen LogP contribution >= 0.6 is 0 Å². The molecule has 2 saturated heterocycles. The number of nitrogens with zero attached hydrogens (tertiary/aromatic N) is 1. The van der Waals surface area contributed by atoms with Gasteiger partial charge in [0.1, 0.15) is 0 Å². The SMILES string of the molecule is COCCC1CCOC12CCN(C(C)=O)CC2. The molecule has 1 unspecified atom stereocenters. The van der Waals surface area contributed by atoms with Crippen LogP contribution in [-0.2, 0) is 14.3 Å².